The molecule has 3 heterocycles. The number of hydrazine groups is 1. The van der Waals surface area contributed by atoms with Crippen molar-refractivity contribution in [3.63, 3.8) is 0 Å². The van der Waals surface area contributed by atoms with Gasteiger partial charge in [0.2, 0.25) is 5.95 Å². The van der Waals surface area contributed by atoms with Crippen LogP contribution in [0, 0.1) is 18.8 Å². The summed E-state index contributed by atoms with van der Waals surface area (Å²) in [6.45, 7) is 4.15. The molecule has 6 heteroatoms. The number of nitrogens with one attached hydrogen (secondary N) is 1. The smallest absolute Gasteiger partial charge is 0.259 e. The van der Waals surface area contributed by atoms with Crippen LogP contribution >= 0.6 is 0 Å². The van der Waals surface area contributed by atoms with Crippen molar-refractivity contribution in [2.75, 3.05) is 18.5 Å². The van der Waals surface area contributed by atoms with Crippen LogP contribution in [0.25, 0.3) is 22.2 Å². The van der Waals surface area contributed by atoms with Crippen LogP contribution in [0.1, 0.15) is 24.8 Å². The molecule has 28 heavy (non-hydrogen) atoms. The molecule has 2 unspecified atom stereocenters. The fourth-order valence-electron chi connectivity index (χ4n) is 4.71. The van der Waals surface area contributed by atoms with E-state index < -0.39 is 0 Å². The first kappa shape index (κ1) is 17.4. The summed E-state index contributed by atoms with van der Waals surface area (Å²) in [6.07, 6.45) is 5.83. The molecule has 5 rings (SSSR count). The number of rotatable bonds is 3. The molecule has 0 amide bonds. The fourth-order valence-corrected chi connectivity index (χ4v) is 4.71. The molecule has 6 nitrogen and oxygen atoms in total. The monoisotopic (exact) mass is 375 g/mol. The molecule has 0 spiro atoms. The largest absolute Gasteiger partial charge is 0.295 e. The first-order chi connectivity index (χ1) is 13.6. The Hall–Kier alpha value is -2.73. The highest BCUT2D eigenvalue weighted by Gasteiger charge is 2.36. The summed E-state index contributed by atoms with van der Waals surface area (Å²) < 4.78 is 1.62. The molecular weight excluding hydrogens is 350 g/mol. The summed E-state index contributed by atoms with van der Waals surface area (Å²) in [5, 5.41) is 3.09. The second kappa shape index (κ2) is 6.71. The minimum absolute atomic E-state index is 0.0447. The predicted molar refractivity (Wildman–Crippen MR) is 111 cm³/mol. The molecule has 2 atom stereocenters. The highest BCUT2D eigenvalue weighted by Crippen LogP contribution is 2.37. The number of pyridine rings is 1. The molecule has 2 aromatic heterocycles. The van der Waals surface area contributed by atoms with E-state index in [0.29, 0.717) is 17.2 Å². The predicted octanol–water partition coefficient (Wildman–Crippen LogP) is 3.36. The maximum atomic E-state index is 12.9. The minimum atomic E-state index is -0.0447. The van der Waals surface area contributed by atoms with E-state index in [0.717, 1.165) is 35.9 Å². The number of hydrogen-bond acceptors (Lipinski definition) is 5. The van der Waals surface area contributed by atoms with Crippen LogP contribution in [0.4, 0.5) is 5.95 Å². The van der Waals surface area contributed by atoms with Crippen molar-refractivity contribution >= 4 is 17.0 Å². The van der Waals surface area contributed by atoms with Gasteiger partial charge in [-0.1, -0.05) is 36.2 Å². The van der Waals surface area contributed by atoms with Crippen LogP contribution in [-0.2, 0) is 7.05 Å². The van der Waals surface area contributed by atoms with Crippen LogP contribution in [-0.4, -0.2) is 32.6 Å². The van der Waals surface area contributed by atoms with Gasteiger partial charge in [-0.3, -0.25) is 14.8 Å². The molecular formula is C22H25N5O. The third kappa shape index (κ3) is 2.98. The lowest BCUT2D eigenvalue weighted by molar-refractivity contribution is 0.369. The Balaban J connectivity index is 1.47. The summed E-state index contributed by atoms with van der Waals surface area (Å²) in [5.74, 6) is 2.16. The van der Waals surface area contributed by atoms with Crippen LogP contribution in [0.15, 0.2) is 41.3 Å². The topological polar surface area (TPSA) is 63.1 Å². The summed E-state index contributed by atoms with van der Waals surface area (Å²) in [5.41, 5.74) is 6.72. The third-order valence-corrected chi connectivity index (χ3v) is 6.30. The maximum Gasteiger partial charge on any atom is 0.259 e. The molecule has 3 aromatic rings. The van der Waals surface area contributed by atoms with Crippen molar-refractivity contribution in [3.05, 3.63) is 52.4 Å². The van der Waals surface area contributed by atoms with Gasteiger partial charge in [-0.05, 0) is 43.2 Å². The van der Waals surface area contributed by atoms with Gasteiger partial charge in [-0.25, -0.2) is 9.99 Å². The zero-order valence-corrected chi connectivity index (χ0v) is 16.4. The van der Waals surface area contributed by atoms with Crippen molar-refractivity contribution in [2.24, 2.45) is 18.9 Å². The van der Waals surface area contributed by atoms with Crippen LogP contribution < -0.4 is 11.0 Å². The molecule has 2 fully saturated rings. The van der Waals surface area contributed by atoms with Crippen molar-refractivity contribution in [2.45, 2.75) is 26.2 Å². The first-order valence-corrected chi connectivity index (χ1v) is 10.0. The number of hydrogen-bond donors (Lipinski definition) is 1. The van der Waals surface area contributed by atoms with Gasteiger partial charge in [0.25, 0.3) is 5.56 Å². The second-order valence-electron chi connectivity index (χ2n) is 8.23. The maximum absolute atomic E-state index is 12.9. The van der Waals surface area contributed by atoms with Crippen LogP contribution in [0.3, 0.4) is 0 Å². The molecule has 1 saturated heterocycles. The Bertz CT molecular complexity index is 1080. The van der Waals surface area contributed by atoms with E-state index in [-0.39, 0.29) is 5.56 Å². The zero-order chi connectivity index (χ0) is 19.3. The molecule has 1 aromatic carbocycles. The average molecular weight is 375 g/mol. The molecule has 1 saturated carbocycles. The van der Waals surface area contributed by atoms with E-state index in [2.05, 4.69) is 20.4 Å². The van der Waals surface area contributed by atoms with E-state index in [9.17, 15) is 4.79 Å². The Labute approximate surface area is 164 Å². The molecule has 0 radical (unpaired) electrons. The molecule has 2 aliphatic rings. The summed E-state index contributed by atoms with van der Waals surface area (Å²) >= 11 is 0. The van der Waals surface area contributed by atoms with Crippen LogP contribution in [0.5, 0.6) is 0 Å². The summed E-state index contributed by atoms with van der Waals surface area (Å²) in [4.78, 5) is 22.1. The second-order valence-corrected chi connectivity index (χ2v) is 8.23. The van der Waals surface area contributed by atoms with Gasteiger partial charge in [0.15, 0.2) is 0 Å². The van der Waals surface area contributed by atoms with Gasteiger partial charge in [0, 0.05) is 37.3 Å². The highest BCUT2D eigenvalue weighted by molar-refractivity contribution is 5.81. The molecule has 0 bridgehead atoms. The molecule has 1 aliphatic heterocycles. The van der Waals surface area contributed by atoms with Crippen molar-refractivity contribution in [1.82, 2.24) is 19.5 Å². The summed E-state index contributed by atoms with van der Waals surface area (Å²) in [7, 11) is 1.78. The number of aromatic nitrogens is 3. The van der Waals surface area contributed by atoms with Crippen molar-refractivity contribution < 1.29 is 0 Å². The SMILES string of the molecule is Cc1ccc(-c2cc3cnc(NN4CC5CCCC5C4)nc3n(C)c2=O)cc1. The average Bonchev–Trinajstić information content (AvgIpc) is 3.27. The van der Waals surface area contributed by atoms with Gasteiger partial charge in [-0.2, -0.15) is 4.98 Å². The molecule has 144 valence electrons. The quantitative estimate of drug-likeness (QED) is 0.760. The summed E-state index contributed by atoms with van der Waals surface area (Å²) in [6, 6.07) is 9.91. The normalized spacial score (nSPS) is 21.9. The van der Waals surface area contributed by atoms with Crippen molar-refractivity contribution in [1.29, 1.82) is 0 Å². The highest BCUT2D eigenvalue weighted by atomic mass is 16.1. The number of aryl methyl sites for hydroxylation is 2. The van der Waals surface area contributed by atoms with Gasteiger partial charge >= 0.3 is 0 Å². The fraction of sp³-hybridized carbons (Fsp3) is 0.409. The van der Waals surface area contributed by atoms with E-state index in [1.807, 2.05) is 37.3 Å². The van der Waals surface area contributed by atoms with Crippen LogP contribution in [0.2, 0.25) is 0 Å². The Kier molecular flexibility index (Phi) is 4.16. The van der Waals surface area contributed by atoms with E-state index in [4.69, 9.17) is 0 Å². The lowest BCUT2D eigenvalue weighted by Crippen LogP contribution is -2.29. The number of fused-ring (bicyclic) bond motifs is 2. The molecule has 1 aliphatic carbocycles. The minimum Gasteiger partial charge on any atom is -0.295 e. The van der Waals surface area contributed by atoms with Gasteiger partial charge in [0.1, 0.15) is 5.65 Å². The van der Waals surface area contributed by atoms with E-state index in [1.54, 1.807) is 17.8 Å². The first-order valence-electron chi connectivity index (χ1n) is 10.0. The lowest BCUT2D eigenvalue weighted by atomic mass is 10.0. The Morgan fingerprint density at radius 1 is 1.11 bits per heavy atom. The van der Waals surface area contributed by atoms with Gasteiger partial charge in [-0.15, -0.1) is 0 Å². The van der Waals surface area contributed by atoms with E-state index in [1.165, 1.54) is 24.8 Å². The Morgan fingerprint density at radius 3 is 2.54 bits per heavy atom. The van der Waals surface area contributed by atoms with E-state index >= 15 is 0 Å². The third-order valence-electron chi connectivity index (χ3n) is 6.30. The number of nitrogens with zero attached hydrogens (tertiary/aromatic N) is 4. The van der Waals surface area contributed by atoms with Gasteiger partial charge in [0.05, 0.1) is 0 Å². The Morgan fingerprint density at radius 2 is 1.82 bits per heavy atom. The number of benzene rings is 1. The lowest BCUT2D eigenvalue weighted by Gasteiger charge is -2.18. The molecule has 1 N–H and O–H groups in total. The zero-order valence-electron chi connectivity index (χ0n) is 16.4. The van der Waals surface area contributed by atoms with Crippen molar-refractivity contribution in [3.8, 4) is 11.1 Å². The van der Waals surface area contributed by atoms with Gasteiger partial charge < -0.3 is 0 Å². The standard InChI is InChI=1S/C22H25N5O/c1-14-6-8-15(9-7-14)19-10-18-11-23-22(24-20(18)26(2)21(19)28)25-27-12-16-4-3-5-17(16)13-27/h6-11,16-17H,3-5,12-13H2,1-2H3,(H,23,24,25). The number of anilines is 1.